The summed E-state index contributed by atoms with van der Waals surface area (Å²) in [7, 11) is 1.81. The molecule has 0 radical (unpaired) electrons. The van der Waals surface area contributed by atoms with Gasteiger partial charge >= 0.3 is 5.97 Å². The summed E-state index contributed by atoms with van der Waals surface area (Å²) in [6.45, 7) is 0.382. The molecule has 3 atom stereocenters. The number of aromatic hydroxyl groups is 1. The van der Waals surface area contributed by atoms with Crippen LogP contribution in [-0.2, 0) is 9.53 Å². The number of rotatable bonds is 3. The normalized spacial score (nSPS) is 29.2. The predicted molar refractivity (Wildman–Crippen MR) is 74.4 cm³/mol. The highest BCUT2D eigenvalue weighted by Crippen LogP contribution is 2.29. The highest BCUT2D eigenvalue weighted by Gasteiger charge is 2.41. The molecule has 3 rings (SSSR count). The third kappa shape index (κ3) is 2.44. The number of likely N-dealkylation sites (N-methyl/N-ethyl adjacent to an activating group) is 1. The van der Waals surface area contributed by atoms with Gasteiger partial charge in [-0.3, -0.25) is 9.69 Å². The molecule has 112 valence electrons. The Kier molecular flexibility index (Phi) is 3.50. The lowest BCUT2D eigenvalue weighted by molar-refractivity contribution is -0.142. The molecule has 3 unspecified atom stereocenters. The topological polar surface area (TPSA) is 95.3 Å². The van der Waals surface area contributed by atoms with Crippen LogP contribution in [0.5, 0.6) is 5.75 Å². The Bertz CT molecular complexity index is 589. The van der Waals surface area contributed by atoms with Crippen molar-refractivity contribution < 1.29 is 19.7 Å². The molecule has 2 aliphatic rings. The summed E-state index contributed by atoms with van der Waals surface area (Å²) >= 11 is 0. The van der Waals surface area contributed by atoms with Crippen LogP contribution in [0.15, 0.2) is 23.3 Å². The van der Waals surface area contributed by atoms with Gasteiger partial charge in [0.25, 0.3) is 0 Å². The average Bonchev–Trinajstić information content (AvgIpc) is 3.05. The molecule has 0 spiro atoms. The third-order valence-electron chi connectivity index (χ3n) is 4.14. The van der Waals surface area contributed by atoms with Crippen molar-refractivity contribution in [3.63, 3.8) is 0 Å². The second-order valence-electron chi connectivity index (χ2n) is 5.35. The number of carbonyl (C=O) groups is 1. The number of carboxylic acid groups (broad SMARTS) is 1. The van der Waals surface area contributed by atoms with Gasteiger partial charge in [-0.15, -0.1) is 0 Å². The molecule has 0 bridgehead atoms. The third-order valence-corrected chi connectivity index (χ3v) is 4.14. The molecule has 21 heavy (non-hydrogen) atoms. The van der Waals surface area contributed by atoms with E-state index in [2.05, 4.69) is 9.98 Å². The van der Waals surface area contributed by atoms with Gasteiger partial charge in [0.1, 0.15) is 24.4 Å². The number of nitrogens with zero attached hydrogens (tertiary/aromatic N) is 3. The molecule has 2 N–H and O–H groups in total. The van der Waals surface area contributed by atoms with Gasteiger partial charge in [0.05, 0.1) is 0 Å². The number of aliphatic carboxylic acids is 1. The Balaban J connectivity index is 1.78. The first kappa shape index (κ1) is 13.8. The van der Waals surface area contributed by atoms with Crippen LogP contribution in [0.1, 0.15) is 18.5 Å². The number of pyridine rings is 1. The van der Waals surface area contributed by atoms with Gasteiger partial charge in [-0.05, 0) is 32.0 Å². The molecule has 3 heterocycles. The Morgan fingerprint density at radius 1 is 1.48 bits per heavy atom. The van der Waals surface area contributed by atoms with Crippen molar-refractivity contribution >= 4 is 11.9 Å². The van der Waals surface area contributed by atoms with E-state index in [0.29, 0.717) is 24.6 Å². The van der Waals surface area contributed by atoms with Crippen molar-refractivity contribution in [2.75, 3.05) is 13.7 Å². The summed E-state index contributed by atoms with van der Waals surface area (Å²) < 4.78 is 5.54. The van der Waals surface area contributed by atoms with E-state index in [-0.39, 0.29) is 17.8 Å². The molecule has 7 heteroatoms. The second kappa shape index (κ2) is 5.33. The zero-order valence-corrected chi connectivity index (χ0v) is 11.6. The lowest BCUT2D eigenvalue weighted by Crippen LogP contribution is -2.43. The molecule has 0 aromatic carbocycles. The van der Waals surface area contributed by atoms with Gasteiger partial charge in [0.2, 0.25) is 5.90 Å². The summed E-state index contributed by atoms with van der Waals surface area (Å²) in [6.07, 6.45) is 2.95. The van der Waals surface area contributed by atoms with E-state index in [1.807, 2.05) is 11.9 Å². The molecule has 0 saturated carbocycles. The van der Waals surface area contributed by atoms with Gasteiger partial charge in [0.15, 0.2) is 5.69 Å². The lowest BCUT2D eigenvalue weighted by Gasteiger charge is -2.25. The number of hydrogen-bond acceptors (Lipinski definition) is 6. The number of aromatic nitrogens is 1. The molecule has 1 aromatic heterocycles. The smallest absolute Gasteiger partial charge is 0.320 e. The van der Waals surface area contributed by atoms with Crippen LogP contribution < -0.4 is 0 Å². The molecule has 1 saturated heterocycles. The van der Waals surface area contributed by atoms with Crippen molar-refractivity contribution in [2.45, 2.75) is 31.0 Å². The standard InChI is InChI=1S/C14H17N3O4/c1-17-9(4-5-10(17)14(19)20)8-7-21-13(16-8)12-11(18)3-2-6-15-12/h2-3,6,8-10,18H,4-5,7H2,1H3,(H,19,20). The van der Waals surface area contributed by atoms with Gasteiger partial charge < -0.3 is 14.9 Å². The largest absolute Gasteiger partial charge is 0.505 e. The first-order chi connectivity index (χ1) is 10.1. The van der Waals surface area contributed by atoms with Gasteiger partial charge in [-0.25, -0.2) is 9.98 Å². The maximum absolute atomic E-state index is 11.2. The van der Waals surface area contributed by atoms with E-state index >= 15 is 0 Å². The average molecular weight is 291 g/mol. The van der Waals surface area contributed by atoms with E-state index < -0.39 is 12.0 Å². The van der Waals surface area contributed by atoms with E-state index in [1.54, 1.807) is 12.3 Å². The molecular weight excluding hydrogens is 274 g/mol. The minimum absolute atomic E-state index is 0.0279. The Morgan fingerprint density at radius 3 is 2.95 bits per heavy atom. The van der Waals surface area contributed by atoms with Crippen molar-refractivity contribution in [2.24, 2.45) is 4.99 Å². The summed E-state index contributed by atoms with van der Waals surface area (Å²) in [5, 5.41) is 18.9. The van der Waals surface area contributed by atoms with E-state index in [4.69, 9.17) is 9.84 Å². The zero-order chi connectivity index (χ0) is 15.0. The maximum atomic E-state index is 11.2. The fourth-order valence-electron chi connectivity index (χ4n) is 3.01. The predicted octanol–water partition coefficient (Wildman–Crippen LogP) is 0.480. The highest BCUT2D eigenvalue weighted by molar-refractivity contribution is 5.95. The maximum Gasteiger partial charge on any atom is 0.320 e. The van der Waals surface area contributed by atoms with E-state index in [9.17, 15) is 9.90 Å². The van der Waals surface area contributed by atoms with E-state index in [0.717, 1.165) is 6.42 Å². The first-order valence-electron chi connectivity index (χ1n) is 6.87. The Hall–Kier alpha value is -2.15. The minimum Gasteiger partial charge on any atom is -0.505 e. The van der Waals surface area contributed by atoms with Crippen LogP contribution in [-0.4, -0.2) is 63.7 Å². The molecule has 7 nitrogen and oxygen atoms in total. The molecule has 1 aromatic rings. The Morgan fingerprint density at radius 2 is 2.29 bits per heavy atom. The van der Waals surface area contributed by atoms with Crippen LogP contribution in [0, 0.1) is 0 Å². The first-order valence-corrected chi connectivity index (χ1v) is 6.87. The SMILES string of the molecule is CN1C(C(=O)O)CCC1C1COC(c2ncccc2O)=N1. The van der Waals surface area contributed by atoms with Gasteiger partial charge in [-0.2, -0.15) is 0 Å². The number of aliphatic imine (C=N–C) groups is 1. The Labute approximate surface area is 121 Å². The number of ether oxygens (including phenoxy) is 1. The van der Waals surface area contributed by atoms with Crippen molar-refractivity contribution in [1.29, 1.82) is 0 Å². The lowest BCUT2D eigenvalue weighted by atomic mass is 10.1. The molecular formula is C14H17N3O4. The molecule has 2 aliphatic heterocycles. The van der Waals surface area contributed by atoms with Crippen molar-refractivity contribution in [1.82, 2.24) is 9.88 Å². The summed E-state index contributed by atoms with van der Waals surface area (Å²) in [4.78, 5) is 21.6. The van der Waals surface area contributed by atoms with Crippen LogP contribution in [0.3, 0.4) is 0 Å². The minimum atomic E-state index is -0.800. The summed E-state index contributed by atoms with van der Waals surface area (Å²) in [5.74, 6) is -0.448. The molecule has 0 aliphatic carbocycles. The van der Waals surface area contributed by atoms with Crippen LogP contribution in [0.2, 0.25) is 0 Å². The van der Waals surface area contributed by atoms with Crippen molar-refractivity contribution in [3.8, 4) is 5.75 Å². The van der Waals surface area contributed by atoms with Crippen molar-refractivity contribution in [3.05, 3.63) is 24.0 Å². The fourth-order valence-corrected chi connectivity index (χ4v) is 3.01. The summed E-state index contributed by atoms with van der Waals surface area (Å²) in [5.41, 5.74) is 0.329. The zero-order valence-electron chi connectivity index (χ0n) is 11.6. The van der Waals surface area contributed by atoms with Crippen LogP contribution >= 0.6 is 0 Å². The molecule has 0 amide bonds. The fraction of sp³-hybridized carbons (Fsp3) is 0.500. The monoisotopic (exact) mass is 291 g/mol. The second-order valence-corrected chi connectivity index (χ2v) is 5.35. The van der Waals surface area contributed by atoms with Gasteiger partial charge in [0, 0.05) is 12.2 Å². The van der Waals surface area contributed by atoms with Gasteiger partial charge in [-0.1, -0.05) is 0 Å². The summed E-state index contributed by atoms with van der Waals surface area (Å²) in [6, 6.07) is 2.61. The number of hydrogen-bond donors (Lipinski definition) is 2. The number of carboxylic acids is 1. The highest BCUT2D eigenvalue weighted by atomic mass is 16.5. The van der Waals surface area contributed by atoms with Crippen LogP contribution in [0.25, 0.3) is 0 Å². The molecule has 1 fully saturated rings. The van der Waals surface area contributed by atoms with E-state index in [1.165, 1.54) is 6.07 Å². The number of likely N-dealkylation sites (tertiary alicyclic amines) is 1. The quantitative estimate of drug-likeness (QED) is 0.841. The van der Waals surface area contributed by atoms with Crippen LogP contribution in [0.4, 0.5) is 0 Å².